The molecule has 0 spiro atoms. The largest absolute Gasteiger partial charge is 0.371 e. The molecule has 3 rings (SSSR count). The maximum atomic E-state index is 6.17. The number of hydrogen-bond donors (Lipinski definition) is 2. The monoisotopic (exact) mass is 387 g/mol. The van der Waals surface area contributed by atoms with E-state index in [4.69, 9.17) is 23.8 Å². The lowest BCUT2D eigenvalue weighted by molar-refractivity contribution is 0.447. The molecule has 1 aliphatic heterocycles. The first-order chi connectivity index (χ1) is 12.5. The molecule has 0 amide bonds. The van der Waals surface area contributed by atoms with Gasteiger partial charge in [0, 0.05) is 18.8 Å². The van der Waals surface area contributed by atoms with Crippen LogP contribution in [-0.2, 0) is 0 Å². The molecule has 2 atom stereocenters. The third kappa shape index (κ3) is 4.89. The minimum Gasteiger partial charge on any atom is -0.371 e. The van der Waals surface area contributed by atoms with Crippen LogP contribution in [0.3, 0.4) is 0 Å². The number of nitrogens with zero attached hydrogens (tertiary/aromatic N) is 1. The number of thiocarbonyl (C=S) groups is 1. The third-order valence-corrected chi connectivity index (χ3v) is 5.43. The molecule has 5 heteroatoms. The molecule has 2 N–H and O–H groups in total. The fourth-order valence-corrected chi connectivity index (χ4v) is 3.87. The van der Waals surface area contributed by atoms with Crippen molar-refractivity contribution in [3.05, 3.63) is 59.1 Å². The van der Waals surface area contributed by atoms with Crippen molar-refractivity contribution in [3.63, 3.8) is 0 Å². The number of halogens is 1. The second-order valence-electron chi connectivity index (χ2n) is 7.08. The summed E-state index contributed by atoms with van der Waals surface area (Å²) < 4.78 is 0. The Balaban J connectivity index is 1.58. The third-order valence-electron chi connectivity index (χ3n) is 4.88. The molecule has 1 saturated heterocycles. The Morgan fingerprint density at radius 3 is 2.62 bits per heavy atom. The summed E-state index contributed by atoms with van der Waals surface area (Å²) in [7, 11) is 0. The summed E-state index contributed by atoms with van der Waals surface area (Å²) >= 11 is 11.6. The molecule has 1 aliphatic rings. The molecule has 2 aromatic carbocycles. The van der Waals surface area contributed by atoms with Gasteiger partial charge in [0.2, 0.25) is 0 Å². The summed E-state index contributed by atoms with van der Waals surface area (Å²) in [5.41, 5.74) is 3.33. The van der Waals surface area contributed by atoms with Crippen LogP contribution in [0.5, 0.6) is 0 Å². The van der Waals surface area contributed by atoms with Crippen LogP contribution in [0, 0.1) is 5.92 Å². The van der Waals surface area contributed by atoms with Gasteiger partial charge in [0.1, 0.15) is 0 Å². The van der Waals surface area contributed by atoms with Crippen LogP contribution >= 0.6 is 23.8 Å². The number of rotatable bonds is 4. The Kier molecular flexibility index (Phi) is 6.38. The smallest absolute Gasteiger partial charge is 0.171 e. The van der Waals surface area contributed by atoms with E-state index in [0.29, 0.717) is 10.1 Å². The van der Waals surface area contributed by atoms with Crippen molar-refractivity contribution in [1.29, 1.82) is 0 Å². The molecular formula is C21H26ClN3S. The predicted molar refractivity (Wildman–Crippen MR) is 116 cm³/mol. The van der Waals surface area contributed by atoms with E-state index < -0.39 is 0 Å². The lowest BCUT2D eigenvalue weighted by Gasteiger charge is -2.33. The van der Waals surface area contributed by atoms with Crippen LogP contribution in [0.25, 0.3) is 0 Å². The van der Waals surface area contributed by atoms with Crippen LogP contribution in [0.4, 0.5) is 11.4 Å². The van der Waals surface area contributed by atoms with Gasteiger partial charge < -0.3 is 15.5 Å². The normalized spacial score (nSPS) is 18.3. The summed E-state index contributed by atoms with van der Waals surface area (Å²) in [6.07, 6.45) is 2.62. The molecule has 3 nitrogen and oxygen atoms in total. The first kappa shape index (κ1) is 19.0. The van der Waals surface area contributed by atoms with Gasteiger partial charge in [-0.05, 0) is 67.7 Å². The second kappa shape index (κ2) is 8.74. The molecule has 0 radical (unpaired) electrons. The standard InChI is InChI=1S/C21H26ClN3S/c1-15-6-5-13-25(14-15)18-11-9-17(10-12-18)16(2)23-21(26)24-20-8-4-3-7-19(20)22/h3-4,7-12,15-16H,5-6,13-14H2,1-2H3,(H2,23,24,26)/t15-,16-/m0/s1. The molecule has 2 aromatic rings. The molecule has 138 valence electrons. The van der Waals surface area contributed by atoms with E-state index in [9.17, 15) is 0 Å². The zero-order valence-corrected chi connectivity index (χ0v) is 16.9. The minimum atomic E-state index is 0.117. The molecular weight excluding hydrogens is 362 g/mol. The first-order valence-electron chi connectivity index (χ1n) is 9.20. The van der Waals surface area contributed by atoms with Gasteiger partial charge in [0.25, 0.3) is 0 Å². The quantitative estimate of drug-likeness (QED) is 0.665. The van der Waals surface area contributed by atoms with E-state index in [2.05, 4.69) is 53.6 Å². The second-order valence-corrected chi connectivity index (χ2v) is 7.90. The summed E-state index contributed by atoms with van der Waals surface area (Å²) in [6, 6.07) is 16.5. The van der Waals surface area contributed by atoms with Crippen LogP contribution in [-0.4, -0.2) is 18.2 Å². The molecule has 26 heavy (non-hydrogen) atoms. The maximum absolute atomic E-state index is 6.17. The van der Waals surface area contributed by atoms with Crippen molar-refractivity contribution in [1.82, 2.24) is 5.32 Å². The fourth-order valence-electron chi connectivity index (χ4n) is 3.40. The van der Waals surface area contributed by atoms with Crippen molar-refractivity contribution in [3.8, 4) is 0 Å². The van der Waals surface area contributed by atoms with Gasteiger partial charge in [-0.25, -0.2) is 0 Å². The van der Waals surface area contributed by atoms with Crippen molar-refractivity contribution >= 4 is 40.3 Å². The average molecular weight is 388 g/mol. The van der Waals surface area contributed by atoms with Crippen molar-refractivity contribution in [2.24, 2.45) is 5.92 Å². The lowest BCUT2D eigenvalue weighted by atomic mass is 9.99. The van der Waals surface area contributed by atoms with Crippen LogP contribution in [0.1, 0.15) is 38.3 Å². The Hall–Kier alpha value is -1.78. The van der Waals surface area contributed by atoms with Crippen LogP contribution in [0.15, 0.2) is 48.5 Å². The molecule has 0 saturated carbocycles. The number of piperidine rings is 1. The highest BCUT2D eigenvalue weighted by Gasteiger charge is 2.17. The van der Waals surface area contributed by atoms with Gasteiger partial charge >= 0.3 is 0 Å². The molecule has 0 aliphatic carbocycles. The van der Waals surface area contributed by atoms with E-state index in [1.165, 1.54) is 24.1 Å². The topological polar surface area (TPSA) is 27.3 Å². The highest BCUT2D eigenvalue weighted by atomic mass is 35.5. The van der Waals surface area contributed by atoms with Gasteiger partial charge in [-0.1, -0.05) is 42.8 Å². The zero-order valence-electron chi connectivity index (χ0n) is 15.3. The Morgan fingerprint density at radius 2 is 1.92 bits per heavy atom. The number of benzene rings is 2. The maximum Gasteiger partial charge on any atom is 0.171 e. The summed E-state index contributed by atoms with van der Waals surface area (Å²) in [5.74, 6) is 0.775. The number of anilines is 2. The molecule has 1 heterocycles. The van der Waals surface area contributed by atoms with Crippen LogP contribution < -0.4 is 15.5 Å². The Morgan fingerprint density at radius 1 is 1.19 bits per heavy atom. The SMILES string of the molecule is C[C@H]1CCCN(c2ccc([C@H](C)NC(=S)Nc3ccccc3Cl)cc2)C1. The van der Waals surface area contributed by atoms with Crippen LogP contribution in [0.2, 0.25) is 5.02 Å². The van der Waals surface area contributed by atoms with Crippen molar-refractivity contribution in [2.75, 3.05) is 23.3 Å². The Labute approximate surface area is 166 Å². The van der Waals surface area contributed by atoms with E-state index in [-0.39, 0.29) is 6.04 Å². The lowest BCUT2D eigenvalue weighted by Crippen LogP contribution is -2.34. The highest BCUT2D eigenvalue weighted by molar-refractivity contribution is 7.80. The van der Waals surface area contributed by atoms with E-state index in [1.54, 1.807) is 0 Å². The summed E-state index contributed by atoms with van der Waals surface area (Å²) in [6.45, 7) is 6.75. The highest BCUT2D eigenvalue weighted by Crippen LogP contribution is 2.25. The minimum absolute atomic E-state index is 0.117. The van der Waals surface area contributed by atoms with Crippen molar-refractivity contribution < 1.29 is 0 Å². The number of para-hydroxylation sites is 1. The summed E-state index contributed by atoms with van der Waals surface area (Å²) in [5, 5.41) is 7.71. The van der Waals surface area contributed by atoms with Gasteiger partial charge in [-0.2, -0.15) is 0 Å². The Bertz CT molecular complexity index is 747. The summed E-state index contributed by atoms with van der Waals surface area (Å²) in [4.78, 5) is 2.49. The van der Waals surface area contributed by atoms with Gasteiger partial charge in [0.15, 0.2) is 5.11 Å². The van der Waals surface area contributed by atoms with Gasteiger partial charge in [-0.3, -0.25) is 0 Å². The number of hydrogen-bond acceptors (Lipinski definition) is 2. The zero-order chi connectivity index (χ0) is 18.5. The average Bonchev–Trinajstić information content (AvgIpc) is 2.64. The molecule has 0 bridgehead atoms. The van der Waals surface area contributed by atoms with Gasteiger partial charge in [-0.15, -0.1) is 0 Å². The van der Waals surface area contributed by atoms with E-state index >= 15 is 0 Å². The molecule has 0 unspecified atom stereocenters. The van der Waals surface area contributed by atoms with E-state index in [0.717, 1.165) is 24.7 Å². The fraction of sp³-hybridized carbons (Fsp3) is 0.381. The van der Waals surface area contributed by atoms with E-state index in [1.807, 2.05) is 24.3 Å². The van der Waals surface area contributed by atoms with Gasteiger partial charge in [0.05, 0.1) is 16.8 Å². The predicted octanol–water partition coefficient (Wildman–Crippen LogP) is 5.62. The first-order valence-corrected chi connectivity index (χ1v) is 9.98. The molecule has 1 fully saturated rings. The number of nitrogens with one attached hydrogen (secondary N) is 2. The van der Waals surface area contributed by atoms with Crippen molar-refractivity contribution in [2.45, 2.75) is 32.7 Å². The molecule has 0 aromatic heterocycles.